The van der Waals surface area contributed by atoms with Gasteiger partial charge in [0.1, 0.15) is 5.41 Å². The average molecular weight is 347 g/mol. The van der Waals surface area contributed by atoms with Crippen molar-refractivity contribution < 1.29 is 53.8 Å². The molecule has 2 aliphatic rings. The maximum Gasteiger partial charge on any atom is 1.00 e. The van der Waals surface area contributed by atoms with Crippen molar-refractivity contribution in [1.29, 1.82) is 0 Å². The van der Waals surface area contributed by atoms with Crippen molar-refractivity contribution in [1.82, 2.24) is 10.6 Å². The van der Waals surface area contributed by atoms with E-state index in [9.17, 15) is 24.3 Å². The number of carbonyl (C=O) groups is 4. The molecule has 2 rings (SSSR count). The van der Waals surface area contributed by atoms with Gasteiger partial charge in [-0.05, 0) is 18.8 Å². The second kappa shape index (κ2) is 9.90. The smallest absolute Gasteiger partial charge is 0.846 e. The molecular weight excluding hydrogens is 325 g/mol. The van der Waals surface area contributed by atoms with E-state index < -0.39 is 23.3 Å². The molecule has 2 unspecified atom stereocenters. The Bertz CT molecular complexity index is 535. The Hall–Kier alpha value is -1.25. The van der Waals surface area contributed by atoms with Crippen molar-refractivity contribution in [3.63, 3.8) is 0 Å². The van der Waals surface area contributed by atoms with Crippen molar-refractivity contribution in [2.45, 2.75) is 52.9 Å². The Kier molecular flexibility index (Phi) is 9.39. The fraction of sp³-hybridized carbons (Fsp3) is 0.667. The van der Waals surface area contributed by atoms with Crippen LogP contribution in [0.3, 0.4) is 0 Å². The zero-order chi connectivity index (χ0) is 17.6. The van der Waals surface area contributed by atoms with Crippen LogP contribution in [-0.4, -0.2) is 29.7 Å². The molecule has 0 spiro atoms. The van der Waals surface area contributed by atoms with Crippen molar-refractivity contribution in [3.05, 3.63) is 0 Å². The van der Waals surface area contributed by atoms with Crippen LogP contribution in [-0.2, 0) is 19.2 Å². The summed E-state index contributed by atoms with van der Waals surface area (Å²) in [5.41, 5.74) is -1.15. The molecule has 1 saturated heterocycles. The van der Waals surface area contributed by atoms with Crippen LogP contribution in [0.5, 0.6) is 0 Å². The summed E-state index contributed by atoms with van der Waals surface area (Å²) in [7, 11) is 0. The van der Waals surface area contributed by atoms with E-state index in [0.29, 0.717) is 19.3 Å². The largest absolute Gasteiger partial charge is 1.00 e. The van der Waals surface area contributed by atoms with Gasteiger partial charge in [0.05, 0.1) is 6.02 Å². The summed E-state index contributed by atoms with van der Waals surface area (Å²) in [6.45, 7) is 5.62. The topological polar surface area (TPSA) is 128 Å². The Morgan fingerprint density at radius 1 is 1.12 bits per heavy atom. The first-order valence-corrected chi connectivity index (χ1v) is 7.72. The van der Waals surface area contributed by atoms with Gasteiger partial charge < -0.3 is 10.4 Å². The normalized spacial score (nSPS) is 24.0. The Balaban J connectivity index is 0.000000555. The number of hydrogen-bond donors (Lipinski definition) is 2. The molecule has 0 aromatic carbocycles. The molecule has 0 saturated carbocycles. The van der Waals surface area contributed by atoms with Gasteiger partial charge in [-0.2, -0.15) is 0 Å². The molecule has 24 heavy (non-hydrogen) atoms. The number of imide groups is 1. The first-order chi connectivity index (χ1) is 10.8. The number of amidine groups is 1. The van der Waals surface area contributed by atoms with E-state index in [0.717, 1.165) is 12.8 Å². The molecular formula is C15H22N3NaO5. The van der Waals surface area contributed by atoms with E-state index in [4.69, 9.17) is 0 Å². The van der Waals surface area contributed by atoms with E-state index in [1.54, 1.807) is 6.92 Å². The van der Waals surface area contributed by atoms with Gasteiger partial charge in [0.2, 0.25) is 17.7 Å². The Morgan fingerprint density at radius 3 is 2.00 bits per heavy atom. The third-order valence-electron chi connectivity index (χ3n) is 4.19. The number of nitrogens with one attached hydrogen (secondary N) is 2. The molecule has 0 aliphatic carbocycles. The maximum absolute atomic E-state index is 11.9. The Labute approximate surface area is 163 Å². The molecule has 2 atom stereocenters. The second-order valence-electron chi connectivity index (χ2n) is 5.66. The fourth-order valence-corrected chi connectivity index (χ4v) is 2.81. The minimum Gasteiger partial charge on any atom is -0.846 e. The van der Waals surface area contributed by atoms with Crippen LogP contribution in [0.4, 0.5) is 0 Å². The van der Waals surface area contributed by atoms with Crippen molar-refractivity contribution in [2.75, 3.05) is 0 Å². The van der Waals surface area contributed by atoms with Crippen LogP contribution in [0.25, 0.3) is 0 Å². The summed E-state index contributed by atoms with van der Waals surface area (Å²) >= 11 is 0. The molecule has 4 amide bonds. The quantitative estimate of drug-likeness (QED) is 0.312. The van der Waals surface area contributed by atoms with Gasteiger partial charge in [-0.15, -0.1) is 0 Å². The van der Waals surface area contributed by atoms with E-state index in [1.165, 1.54) is 0 Å². The van der Waals surface area contributed by atoms with E-state index in [2.05, 4.69) is 15.6 Å². The average Bonchev–Trinajstić information content (AvgIpc) is 2.83. The number of aliphatic imine (C=N–C) groups is 1. The maximum atomic E-state index is 11.9. The molecule has 0 radical (unpaired) electrons. The van der Waals surface area contributed by atoms with Crippen molar-refractivity contribution in [2.24, 2.45) is 16.3 Å². The summed E-state index contributed by atoms with van der Waals surface area (Å²) < 4.78 is 0. The summed E-state index contributed by atoms with van der Waals surface area (Å²) in [6, 6.07) is -0.845. The minimum absolute atomic E-state index is 0. The van der Waals surface area contributed by atoms with Gasteiger partial charge in [-0.3, -0.25) is 24.5 Å². The monoisotopic (exact) mass is 347 g/mol. The molecule has 2 N–H and O–H groups in total. The third kappa shape index (κ3) is 5.12. The van der Waals surface area contributed by atoms with Crippen LogP contribution in [0.15, 0.2) is 4.99 Å². The predicted octanol–water partition coefficient (Wildman–Crippen LogP) is -3.38. The number of nitrogens with zero attached hydrogens (tertiary/aromatic N) is 1. The van der Waals surface area contributed by atoms with Crippen molar-refractivity contribution in [3.8, 4) is 0 Å². The summed E-state index contributed by atoms with van der Waals surface area (Å²) in [5, 5.41) is 15.2. The molecule has 2 aliphatic heterocycles. The van der Waals surface area contributed by atoms with Gasteiger partial charge in [0.25, 0.3) is 5.91 Å². The standard InChI is InChI=1S/C11H18N2O3.C4H5NO2.Na/c1-4-6-7(3)11(5-2)8(14)12-10(16)13-9(11)15;6-3-1-2-4(7)5-3;/h7H,4-6H2,1-3H3,(H2,12,13,14,15,16);1-2H2,(H,5,6,7);/q;;+1/p-1. The molecule has 9 heteroatoms. The molecule has 0 aromatic heterocycles. The van der Waals surface area contributed by atoms with Crippen LogP contribution < -0.4 is 45.3 Å². The predicted molar refractivity (Wildman–Crippen MR) is 79.8 cm³/mol. The second-order valence-corrected chi connectivity index (χ2v) is 5.66. The summed E-state index contributed by atoms with van der Waals surface area (Å²) in [5.74, 6) is -1.49. The minimum atomic E-state index is -1.15. The zero-order valence-electron chi connectivity index (χ0n) is 14.6. The van der Waals surface area contributed by atoms with Crippen LogP contribution in [0.2, 0.25) is 0 Å². The van der Waals surface area contributed by atoms with Gasteiger partial charge in [-0.1, -0.05) is 27.2 Å². The third-order valence-corrected chi connectivity index (χ3v) is 4.19. The first-order valence-electron chi connectivity index (χ1n) is 7.72. The SMILES string of the molecule is CCCC(C)C1(CC)C(=O)N=C([O-])NC1=O.O=C1CCC(=O)N1.[Na+]. The number of rotatable bonds is 4. The van der Waals surface area contributed by atoms with Crippen molar-refractivity contribution >= 4 is 29.7 Å². The van der Waals surface area contributed by atoms with E-state index in [-0.39, 0.29) is 47.3 Å². The molecule has 8 nitrogen and oxygen atoms in total. The number of hydrogen-bond acceptors (Lipinski definition) is 5. The number of carbonyl (C=O) groups excluding carboxylic acids is 4. The van der Waals surface area contributed by atoms with Crippen LogP contribution >= 0.6 is 0 Å². The van der Waals surface area contributed by atoms with Crippen LogP contribution in [0.1, 0.15) is 52.9 Å². The van der Waals surface area contributed by atoms with E-state index >= 15 is 0 Å². The van der Waals surface area contributed by atoms with Crippen LogP contribution in [0, 0.1) is 11.3 Å². The molecule has 128 valence electrons. The van der Waals surface area contributed by atoms with Gasteiger partial charge >= 0.3 is 29.6 Å². The Morgan fingerprint density at radius 2 is 1.67 bits per heavy atom. The summed E-state index contributed by atoms with van der Waals surface area (Å²) in [4.78, 5) is 47.3. The fourth-order valence-electron chi connectivity index (χ4n) is 2.81. The van der Waals surface area contributed by atoms with E-state index in [1.807, 2.05) is 13.8 Å². The molecule has 1 fully saturated rings. The number of amides is 4. The molecule has 2 heterocycles. The van der Waals surface area contributed by atoms with Gasteiger partial charge in [0, 0.05) is 12.8 Å². The molecule has 0 aromatic rings. The zero-order valence-corrected chi connectivity index (χ0v) is 16.6. The van der Waals surface area contributed by atoms with Gasteiger partial charge in [0.15, 0.2) is 0 Å². The molecule has 0 bridgehead atoms. The first kappa shape index (κ1) is 22.8. The summed E-state index contributed by atoms with van der Waals surface area (Å²) in [6.07, 6.45) is 2.77. The van der Waals surface area contributed by atoms with Gasteiger partial charge in [-0.25, -0.2) is 4.99 Å².